The number of hydrogen-bond acceptors (Lipinski definition) is 3. The van der Waals surface area contributed by atoms with Crippen molar-refractivity contribution in [3.8, 4) is 0 Å². The molecule has 0 aromatic heterocycles. The summed E-state index contributed by atoms with van der Waals surface area (Å²) in [6, 6.07) is 15.0. The molecule has 0 spiro atoms. The lowest BCUT2D eigenvalue weighted by atomic mass is 10.0. The predicted molar refractivity (Wildman–Crippen MR) is 85.6 cm³/mol. The molecule has 0 heterocycles. The second-order valence-corrected chi connectivity index (χ2v) is 6.89. The van der Waals surface area contributed by atoms with Gasteiger partial charge in [-0.15, -0.1) is 0 Å². The van der Waals surface area contributed by atoms with Crippen LogP contribution in [0, 0.1) is 0 Å². The largest absolute Gasteiger partial charge is 0.298 e. The third kappa shape index (κ3) is 3.60. The molecule has 0 saturated carbocycles. The zero-order valence-electron chi connectivity index (χ0n) is 11.3. The van der Waals surface area contributed by atoms with Crippen LogP contribution in [0.5, 0.6) is 0 Å². The average Bonchev–Trinajstić information content (AvgIpc) is 2.45. The molecular weight excluding hydrogens is 308 g/mol. The van der Waals surface area contributed by atoms with Gasteiger partial charge in [-0.25, -0.2) is 8.42 Å². The lowest BCUT2D eigenvalue weighted by Gasteiger charge is -2.10. The van der Waals surface area contributed by atoms with Crippen LogP contribution in [0.2, 0.25) is 5.02 Å². The van der Waals surface area contributed by atoms with Gasteiger partial charge in [0.15, 0.2) is 16.1 Å². The summed E-state index contributed by atoms with van der Waals surface area (Å²) >= 11 is 5.82. The molecule has 0 aliphatic carbocycles. The highest BCUT2D eigenvalue weighted by molar-refractivity contribution is 8.00. The molecule has 0 N–H and O–H groups in total. The fourth-order valence-electron chi connectivity index (χ4n) is 2.04. The van der Waals surface area contributed by atoms with Crippen LogP contribution in [-0.2, 0) is 14.6 Å². The number of hydrogen-bond donors (Lipinski definition) is 0. The number of sulfone groups is 1. The third-order valence-corrected chi connectivity index (χ3v) is 4.37. The molecule has 2 rings (SSSR count). The highest BCUT2D eigenvalue weighted by Gasteiger charge is 2.20. The Morgan fingerprint density at radius 1 is 0.952 bits per heavy atom. The quantitative estimate of drug-likeness (QED) is 0.492. The number of halogens is 1. The Morgan fingerprint density at radius 2 is 1.52 bits per heavy atom. The van der Waals surface area contributed by atoms with E-state index in [0.717, 1.165) is 6.26 Å². The van der Waals surface area contributed by atoms with E-state index in [-0.39, 0.29) is 10.5 Å². The first kappa shape index (κ1) is 15.5. The molecule has 21 heavy (non-hydrogen) atoms. The molecule has 5 heteroatoms. The summed E-state index contributed by atoms with van der Waals surface area (Å²) in [5.74, 6) is 0. The lowest BCUT2D eigenvalue weighted by molar-refractivity contribution is -0.103. The van der Waals surface area contributed by atoms with E-state index in [2.05, 4.69) is 0 Å². The summed E-state index contributed by atoms with van der Waals surface area (Å²) in [6.45, 7) is 0. The van der Waals surface area contributed by atoms with Crippen molar-refractivity contribution in [3.05, 3.63) is 70.7 Å². The summed E-state index contributed by atoms with van der Waals surface area (Å²) in [5, 5.41) is 0.518. The second kappa shape index (κ2) is 6.24. The molecule has 2 aromatic carbocycles. The van der Waals surface area contributed by atoms with Gasteiger partial charge in [0.25, 0.3) is 0 Å². The minimum Gasteiger partial charge on any atom is -0.298 e. The van der Waals surface area contributed by atoms with Gasteiger partial charge in [-0.05, 0) is 23.3 Å². The normalized spacial score (nSPS) is 12.7. The standard InChI is InChI=1S/C16H13ClO3S/c1-21(19,20)16(13-5-3-2-4-6-13)15(11-18)12-7-9-14(17)10-8-12/h2-11H,1H3. The van der Waals surface area contributed by atoms with E-state index >= 15 is 0 Å². The maximum atomic E-state index is 12.1. The fraction of sp³-hybridized carbons (Fsp3) is 0.0625. The Labute approximate surface area is 128 Å². The molecule has 0 amide bonds. The molecule has 0 saturated heterocycles. The zero-order chi connectivity index (χ0) is 15.5. The number of carbonyl (C=O) groups excluding carboxylic acids is 1. The first-order chi connectivity index (χ1) is 9.93. The first-order valence-electron chi connectivity index (χ1n) is 6.14. The molecule has 0 aliphatic heterocycles. The Morgan fingerprint density at radius 3 is 2.00 bits per heavy atom. The molecule has 0 unspecified atom stereocenters. The van der Waals surface area contributed by atoms with E-state index in [4.69, 9.17) is 11.6 Å². The van der Waals surface area contributed by atoms with Gasteiger partial charge in [-0.1, -0.05) is 54.1 Å². The van der Waals surface area contributed by atoms with Crippen molar-refractivity contribution in [1.29, 1.82) is 0 Å². The molecular formula is C16H13ClO3S. The smallest absolute Gasteiger partial charge is 0.176 e. The van der Waals surface area contributed by atoms with E-state index in [9.17, 15) is 13.2 Å². The van der Waals surface area contributed by atoms with Crippen molar-refractivity contribution in [1.82, 2.24) is 0 Å². The van der Waals surface area contributed by atoms with Gasteiger partial charge in [0, 0.05) is 16.9 Å². The predicted octanol–water partition coefficient (Wildman–Crippen LogP) is 3.45. The number of rotatable bonds is 4. The molecule has 0 bridgehead atoms. The Kier molecular flexibility index (Phi) is 4.60. The van der Waals surface area contributed by atoms with Gasteiger partial charge in [-0.2, -0.15) is 0 Å². The van der Waals surface area contributed by atoms with Gasteiger partial charge in [0.05, 0.1) is 4.91 Å². The molecule has 108 valence electrons. The highest BCUT2D eigenvalue weighted by Crippen LogP contribution is 2.29. The van der Waals surface area contributed by atoms with Crippen LogP contribution in [0.25, 0.3) is 10.5 Å². The number of benzene rings is 2. The zero-order valence-corrected chi connectivity index (χ0v) is 12.9. The minimum absolute atomic E-state index is 0.0143. The number of aldehydes is 1. The minimum atomic E-state index is -3.57. The summed E-state index contributed by atoms with van der Waals surface area (Å²) in [7, 11) is -3.57. The van der Waals surface area contributed by atoms with E-state index < -0.39 is 9.84 Å². The van der Waals surface area contributed by atoms with Gasteiger partial charge >= 0.3 is 0 Å². The van der Waals surface area contributed by atoms with Crippen molar-refractivity contribution < 1.29 is 13.2 Å². The van der Waals surface area contributed by atoms with Gasteiger partial charge in [0.1, 0.15) is 0 Å². The van der Waals surface area contributed by atoms with Crippen LogP contribution in [-0.4, -0.2) is 21.0 Å². The van der Waals surface area contributed by atoms with Crippen LogP contribution in [0.15, 0.2) is 54.6 Å². The van der Waals surface area contributed by atoms with Gasteiger partial charge in [0.2, 0.25) is 0 Å². The van der Waals surface area contributed by atoms with Crippen LogP contribution in [0.4, 0.5) is 0 Å². The van der Waals surface area contributed by atoms with Crippen molar-refractivity contribution in [2.45, 2.75) is 0 Å². The van der Waals surface area contributed by atoms with Crippen molar-refractivity contribution >= 4 is 38.2 Å². The van der Waals surface area contributed by atoms with Crippen molar-refractivity contribution in [2.24, 2.45) is 0 Å². The van der Waals surface area contributed by atoms with Gasteiger partial charge in [-0.3, -0.25) is 4.79 Å². The molecule has 0 atom stereocenters. The van der Waals surface area contributed by atoms with E-state index in [1.807, 2.05) is 0 Å². The topological polar surface area (TPSA) is 51.2 Å². The van der Waals surface area contributed by atoms with E-state index in [0.29, 0.717) is 22.4 Å². The van der Waals surface area contributed by atoms with Gasteiger partial charge < -0.3 is 0 Å². The second-order valence-electron chi connectivity index (χ2n) is 4.51. The van der Waals surface area contributed by atoms with Crippen LogP contribution in [0.1, 0.15) is 11.1 Å². The third-order valence-electron chi connectivity index (χ3n) is 2.92. The van der Waals surface area contributed by atoms with Crippen LogP contribution >= 0.6 is 11.6 Å². The summed E-state index contributed by atoms with van der Waals surface area (Å²) in [4.78, 5) is 11.5. The SMILES string of the molecule is CS(=O)(=O)C(=C(C=O)c1ccc(Cl)cc1)c1ccccc1. The summed E-state index contributed by atoms with van der Waals surface area (Å²) in [5.41, 5.74) is 1.12. The van der Waals surface area contributed by atoms with Crippen molar-refractivity contribution in [2.75, 3.05) is 6.26 Å². The molecule has 0 aliphatic rings. The maximum absolute atomic E-state index is 12.1. The number of carbonyl (C=O) groups is 1. The fourth-order valence-corrected chi connectivity index (χ4v) is 3.30. The first-order valence-corrected chi connectivity index (χ1v) is 8.41. The Balaban J connectivity index is 2.77. The highest BCUT2D eigenvalue weighted by atomic mass is 35.5. The monoisotopic (exact) mass is 320 g/mol. The molecule has 2 aromatic rings. The van der Waals surface area contributed by atoms with Crippen LogP contribution in [0.3, 0.4) is 0 Å². The Bertz CT molecular complexity index is 776. The van der Waals surface area contributed by atoms with E-state index in [1.54, 1.807) is 54.6 Å². The average molecular weight is 321 g/mol. The van der Waals surface area contributed by atoms with Crippen LogP contribution < -0.4 is 0 Å². The molecule has 3 nitrogen and oxygen atoms in total. The lowest BCUT2D eigenvalue weighted by Crippen LogP contribution is -2.05. The summed E-state index contributed by atoms with van der Waals surface area (Å²) in [6.07, 6.45) is 1.65. The number of allylic oxidation sites excluding steroid dienone is 1. The van der Waals surface area contributed by atoms with Crippen molar-refractivity contribution in [3.63, 3.8) is 0 Å². The van der Waals surface area contributed by atoms with E-state index in [1.165, 1.54) is 0 Å². The Hall–Kier alpha value is -1.91. The molecule has 0 fully saturated rings. The maximum Gasteiger partial charge on any atom is 0.176 e. The summed E-state index contributed by atoms with van der Waals surface area (Å²) < 4.78 is 24.3. The molecule has 0 radical (unpaired) electrons.